The molecular weight excluding hydrogens is 226 g/mol. The topological polar surface area (TPSA) is 58.6 Å². The van der Waals surface area contributed by atoms with Crippen LogP contribution in [0, 0.1) is 0 Å². The van der Waals surface area contributed by atoms with Crippen molar-refractivity contribution in [1.29, 1.82) is 0 Å². The first-order valence-corrected chi connectivity index (χ1v) is 6.34. The van der Waals surface area contributed by atoms with Gasteiger partial charge >= 0.3 is 0 Å². The molecule has 0 atom stereocenters. The molecule has 0 unspecified atom stereocenters. The Balaban J connectivity index is 2.03. The molecule has 0 bridgehead atoms. The third-order valence-corrected chi connectivity index (χ3v) is 3.49. The predicted octanol–water partition coefficient (Wildman–Crippen LogP) is 2.49. The highest BCUT2D eigenvalue weighted by Crippen LogP contribution is 2.32. The molecule has 0 amide bonds. The van der Waals surface area contributed by atoms with Crippen LogP contribution in [-0.4, -0.2) is 15.0 Å². The maximum Gasteiger partial charge on any atom is 0.251 e. The highest BCUT2D eigenvalue weighted by atomic mass is 16.1. The molecule has 1 saturated carbocycles. The molecule has 0 aliphatic heterocycles. The van der Waals surface area contributed by atoms with E-state index in [0.29, 0.717) is 11.7 Å². The van der Waals surface area contributed by atoms with Gasteiger partial charge in [0, 0.05) is 29.9 Å². The van der Waals surface area contributed by atoms with Crippen LogP contribution in [-0.2, 0) is 0 Å². The van der Waals surface area contributed by atoms with E-state index >= 15 is 0 Å². The maximum absolute atomic E-state index is 11.7. The molecule has 2 heterocycles. The molecule has 2 aromatic rings. The summed E-state index contributed by atoms with van der Waals surface area (Å²) >= 11 is 0. The molecule has 1 fully saturated rings. The van der Waals surface area contributed by atoms with Gasteiger partial charge < -0.3 is 4.98 Å². The third-order valence-electron chi connectivity index (χ3n) is 3.49. The standard InChI is InChI=1S/C14H15N3O/c18-13-9-12(10-3-1-2-4-10)16-14(17-13)11-5-7-15-8-6-11/h5-10H,1-4H2,(H,16,17,18). The lowest BCUT2D eigenvalue weighted by molar-refractivity contribution is 0.693. The summed E-state index contributed by atoms with van der Waals surface area (Å²) < 4.78 is 0. The average molecular weight is 241 g/mol. The van der Waals surface area contributed by atoms with Gasteiger partial charge in [0.2, 0.25) is 0 Å². The van der Waals surface area contributed by atoms with Crippen molar-refractivity contribution in [3.8, 4) is 11.4 Å². The number of rotatable bonds is 2. The molecule has 1 N–H and O–H groups in total. The minimum Gasteiger partial charge on any atom is -0.307 e. The Labute approximate surface area is 105 Å². The van der Waals surface area contributed by atoms with Crippen LogP contribution in [0.5, 0.6) is 0 Å². The molecule has 2 aromatic heterocycles. The summed E-state index contributed by atoms with van der Waals surface area (Å²) in [4.78, 5) is 23.1. The molecule has 1 aliphatic carbocycles. The Hall–Kier alpha value is -1.97. The van der Waals surface area contributed by atoms with Crippen molar-refractivity contribution in [1.82, 2.24) is 15.0 Å². The Kier molecular flexibility index (Phi) is 2.92. The molecule has 0 radical (unpaired) electrons. The largest absolute Gasteiger partial charge is 0.307 e. The van der Waals surface area contributed by atoms with Crippen LogP contribution in [0.3, 0.4) is 0 Å². The monoisotopic (exact) mass is 241 g/mol. The van der Waals surface area contributed by atoms with E-state index in [1.807, 2.05) is 12.1 Å². The van der Waals surface area contributed by atoms with Crippen LogP contribution in [0.2, 0.25) is 0 Å². The number of aromatic amines is 1. The summed E-state index contributed by atoms with van der Waals surface area (Å²) in [7, 11) is 0. The van der Waals surface area contributed by atoms with Gasteiger partial charge in [-0.3, -0.25) is 9.78 Å². The van der Waals surface area contributed by atoms with E-state index in [-0.39, 0.29) is 5.56 Å². The molecule has 0 aromatic carbocycles. The second kappa shape index (κ2) is 4.72. The van der Waals surface area contributed by atoms with Gasteiger partial charge in [0.1, 0.15) is 5.82 Å². The number of nitrogens with zero attached hydrogens (tertiary/aromatic N) is 2. The Morgan fingerprint density at radius 2 is 1.89 bits per heavy atom. The minimum atomic E-state index is -0.0706. The van der Waals surface area contributed by atoms with Crippen LogP contribution in [0.25, 0.3) is 11.4 Å². The van der Waals surface area contributed by atoms with E-state index in [4.69, 9.17) is 0 Å². The van der Waals surface area contributed by atoms with Crippen LogP contribution >= 0.6 is 0 Å². The number of hydrogen-bond acceptors (Lipinski definition) is 3. The zero-order valence-corrected chi connectivity index (χ0v) is 10.1. The fourth-order valence-electron chi connectivity index (χ4n) is 2.55. The quantitative estimate of drug-likeness (QED) is 0.878. The van der Waals surface area contributed by atoms with Crippen molar-refractivity contribution < 1.29 is 0 Å². The summed E-state index contributed by atoms with van der Waals surface area (Å²) in [6.45, 7) is 0. The fraction of sp³-hybridized carbons (Fsp3) is 0.357. The van der Waals surface area contributed by atoms with E-state index in [1.165, 1.54) is 12.8 Å². The third kappa shape index (κ3) is 2.18. The van der Waals surface area contributed by atoms with Crippen molar-refractivity contribution in [3.63, 3.8) is 0 Å². The number of H-pyrrole nitrogens is 1. The first kappa shape index (κ1) is 11.1. The number of nitrogens with one attached hydrogen (secondary N) is 1. The zero-order chi connectivity index (χ0) is 12.4. The summed E-state index contributed by atoms with van der Waals surface area (Å²) in [6.07, 6.45) is 8.18. The van der Waals surface area contributed by atoms with Gasteiger partial charge in [0.15, 0.2) is 0 Å². The molecule has 92 valence electrons. The fourth-order valence-corrected chi connectivity index (χ4v) is 2.55. The van der Waals surface area contributed by atoms with E-state index in [2.05, 4.69) is 15.0 Å². The van der Waals surface area contributed by atoms with Crippen LogP contribution in [0.4, 0.5) is 0 Å². The summed E-state index contributed by atoms with van der Waals surface area (Å²) in [6, 6.07) is 5.36. The Morgan fingerprint density at radius 1 is 1.17 bits per heavy atom. The summed E-state index contributed by atoms with van der Waals surface area (Å²) in [5, 5.41) is 0. The van der Waals surface area contributed by atoms with Gasteiger partial charge in [-0.15, -0.1) is 0 Å². The van der Waals surface area contributed by atoms with Crippen LogP contribution in [0.1, 0.15) is 37.3 Å². The second-order valence-corrected chi connectivity index (χ2v) is 4.74. The van der Waals surface area contributed by atoms with E-state index in [0.717, 1.165) is 24.1 Å². The van der Waals surface area contributed by atoms with Gasteiger partial charge in [0.05, 0.1) is 5.69 Å². The van der Waals surface area contributed by atoms with Gasteiger partial charge in [-0.2, -0.15) is 0 Å². The second-order valence-electron chi connectivity index (χ2n) is 4.74. The first-order chi connectivity index (χ1) is 8.83. The van der Waals surface area contributed by atoms with E-state index in [9.17, 15) is 4.79 Å². The Morgan fingerprint density at radius 3 is 2.61 bits per heavy atom. The molecule has 0 spiro atoms. The molecule has 18 heavy (non-hydrogen) atoms. The van der Waals surface area contributed by atoms with Gasteiger partial charge in [-0.25, -0.2) is 4.98 Å². The summed E-state index contributed by atoms with van der Waals surface area (Å²) in [5.74, 6) is 1.10. The molecule has 3 rings (SSSR count). The Bertz CT molecular complexity index is 585. The van der Waals surface area contributed by atoms with Crippen molar-refractivity contribution in [2.24, 2.45) is 0 Å². The van der Waals surface area contributed by atoms with Crippen molar-refractivity contribution in [2.45, 2.75) is 31.6 Å². The van der Waals surface area contributed by atoms with Crippen molar-refractivity contribution in [2.75, 3.05) is 0 Å². The van der Waals surface area contributed by atoms with Gasteiger partial charge in [-0.05, 0) is 25.0 Å². The van der Waals surface area contributed by atoms with Gasteiger partial charge in [0.25, 0.3) is 5.56 Å². The zero-order valence-electron chi connectivity index (χ0n) is 10.1. The number of aromatic nitrogens is 3. The normalized spacial score (nSPS) is 16.0. The number of pyridine rings is 1. The molecule has 1 aliphatic rings. The highest BCUT2D eigenvalue weighted by molar-refractivity contribution is 5.53. The number of hydrogen-bond donors (Lipinski definition) is 1. The van der Waals surface area contributed by atoms with E-state index < -0.39 is 0 Å². The SMILES string of the molecule is O=c1cc(C2CCCC2)nc(-c2ccncc2)[nH]1. The average Bonchev–Trinajstić information content (AvgIpc) is 2.93. The lowest BCUT2D eigenvalue weighted by Gasteiger charge is -2.09. The minimum absolute atomic E-state index is 0.0706. The lowest BCUT2D eigenvalue weighted by atomic mass is 10.0. The molecule has 0 saturated heterocycles. The molecular formula is C14H15N3O. The first-order valence-electron chi connectivity index (χ1n) is 6.34. The van der Waals surface area contributed by atoms with Crippen molar-refractivity contribution in [3.05, 3.63) is 46.6 Å². The molecule has 4 nitrogen and oxygen atoms in total. The smallest absolute Gasteiger partial charge is 0.251 e. The van der Waals surface area contributed by atoms with E-state index in [1.54, 1.807) is 18.5 Å². The molecule has 4 heteroatoms. The van der Waals surface area contributed by atoms with Crippen LogP contribution < -0.4 is 5.56 Å². The lowest BCUT2D eigenvalue weighted by Crippen LogP contribution is -2.12. The van der Waals surface area contributed by atoms with Crippen molar-refractivity contribution >= 4 is 0 Å². The van der Waals surface area contributed by atoms with Gasteiger partial charge in [-0.1, -0.05) is 12.8 Å². The van der Waals surface area contributed by atoms with Crippen LogP contribution in [0.15, 0.2) is 35.4 Å². The maximum atomic E-state index is 11.7. The predicted molar refractivity (Wildman–Crippen MR) is 69.3 cm³/mol. The highest BCUT2D eigenvalue weighted by Gasteiger charge is 2.19. The summed E-state index contributed by atoms with van der Waals surface area (Å²) in [5.41, 5.74) is 1.77.